The molecule has 0 radical (unpaired) electrons. The fraction of sp³-hybridized carbons (Fsp3) is 0.889. The molecular formula is C36H68O4. The van der Waals surface area contributed by atoms with Crippen LogP contribution >= 0.6 is 0 Å². The van der Waals surface area contributed by atoms with Gasteiger partial charge in [-0.25, -0.2) is 0 Å². The van der Waals surface area contributed by atoms with Crippen LogP contribution in [-0.4, -0.2) is 23.7 Å². The van der Waals surface area contributed by atoms with Gasteiger partial charge in [-0.3, -0.25) is 9.59 Å². The van der Waals surface area contributed by atoms with Crippen LogP contribution in [-0.2, 0) is 14.3 Å². The standard InChI is InChI=1S/C36H68O4/c1-4-7-10-13-15-17-18-19-20-21-22-24-26-29-33(32-35(37)38)34(36(39)40-31-28-12-9-6-3)30-27-25-23-16-14-11-8-5-2/h19-20,33-34H,4-18,21-32H2,1-3H3,(H,37,38)/b20-19-. The van der Waals surface area contributed by atoms with Crippen LogP contribution in [0.2, 0.25) is 0 Å². The second-order valence-electron chi connectivity index (χ2n) is 12.1. The van der Waals surface area contributed by atoms with Gasteiger partial charge in [-0.05, 0) is 50.9 Å². The smallest absolute Gasteiger partial charge is 0.309 e. The summed E-state index contributed by atoms with van der Waals surface area (Å²) in [6.07, 6.45) is 33.9. The molecule has 0 saturated heterocycles. The first kappa shape index (κ1) is 38.7. The van der Waals surface area contributed by atoms with E-state index < -0.39 is 5.97 Å². The van der Waals surface area contributed by atoms with E-state index in [1.807, 2.05) is 0 Å². The van der Waals surface area contributed by atoms with Gasteiger partial charge in [-0.1, -0.05) is 148 Å². The van der Waals surface area contributed by atoms with Crippen molar-refractivity contribution in [2.24, 2.45) is 11.8 Å². The SMILES string of the molecule is CCCCCCCC/C=C\CCCCCC(CC(=O)O)C(CCCCCCCCCC)C(=O)OCCCCCC. The first-order valence-corrected chi connectivity index (χ1v) is 17.6. The highest BCUT2D eigenvalue weighted by Gasteiger charge is 2.30. The maximum Gasteiger partial charge on any atom is 0.309 e. The summed E-state index contributed by atoms with van der Waals surface area (Å²) in [4.78, 5) is 24.9. The number of carbonyl (C=O) groups excluding carboxylic acids is 1. The number of ether oxygens (including phenoxy) is 1. The zero-order valence-corrected chi connectivity index (χ0v) is 27.1. The molecular weight excluding hydrogens is 496 g/mol. The molecule has 2 atom stereocenters. The third-order valence-electron chi connectivity index (χ3n) is 8.26. The van der Waals surface area contributed by atoms with E-state index in [1.54, 1.807) is 0 Å². The Balaban J connectivity index is 4.60. The number of hydrogen-bond donors (Lipinski definition) is 1. The van der Waals surface area contributed by atoms with Crippen LogP contribution in [0.15, 0.2) is 12.2 Å². The molecule has 0 bridgehead atoms. The molecule has 2 unspecified atom stereocenters. The highest BCUT2D eigenvalue weighted by Crippen LogP contribution is 2.29. The Hall–Kier alpha value is -1.32. The molecule has 0 aliphatic heterocycles. The normalized spacial score (nSPS) is 13.1. The van der Waals surface area contributed by atoms with E-state index in [1.165, 1.54) is 83.5 Å². The third kappa shape index (κ3) is 25.6. The minimum atomic E-state index is -0.792. The van der Waals surface area contributed by atoms with Crippen molar-refractivity contribution in [3.8, 4) is 0 Å². The van der Waals surface area contributed by atoms with Crippen LogP contribution < -0.4 is 0 Å². The van der Waals surface area contributed by atoms with E-state index in [2.05, 4.69) is 32.9 Å². The molecule has 0 heterocycles. The molecule has 1 N–H and O–H groups in total. The molecule has 236 valence electrons. The van der Waals surface area contributed by atoms with Gasteiger partial charge in [0.2, 0.25) is 0 Å². The zero-order chi connectivity index (χ0) is 29.5. The van der Waals surface area contributed by atoms with Crippen molar-refractivity contribution in [3.63, 3.8) is 0 Å². The fourth-order valence-electron chi connectivity index (χ4n) is 5.65. The Kier molecular flexibility index (Phi) is 29.6. The topological polar surface area (TPSA) is 63.6 Å². The van der Waals surface area contributed by atoms with E-state index in [4.69, 9.17) is 4.74 Å². The predicted molar refractivity (Wildman–Crippen MR) is 172 cm³/mol. The van der Waals surface area contributed by atoms with Crippen LogP contribution in [0, 0.1) is 11.8 Å². The lowest BCUT2D eigenvalue weighted by atomic mass is 9.81. The lowest BCUT2D eigenvalue weighted by Gasteiger charge is -2.25. The van der Waals surface area contributed by atoms with Gasteiger partial charge in [0.05, 0.1) is 12.5 Å². The molecule has 4 nitrogen and oxygen atoms in total. The summed E-state index contributed by atoms with van der Waals surface area (Å²) >= 11 is 0. The van der Waals surface area contributed by atoms with Gasteiger partial charge in [-0.2, -0.15) is 0 Å². The summed E-state index contributed by atoms with van der Waals surface area (Å²) in [5.41, 5.74) is 0. The molecule has 40 heavy (non-hydrogen) atoms. The summed E-state index contributed by atoms with van der Waals surface area (Å²) in [7, 11) is 0. The number of aliphatic carboxylic acids is 1. The Morgan fingerprint density at radius 3 is 1.52 bits per heavy atom. The van der Waals surface area contributed by atoms with Crippen molar-refractivity contribution in [1.29, 1.82) is 0 Å². The second-order valence-corrected chi connectivity index (χ2v) is 12.1. The minimum Gasteiger partial charge on any atom is -0.481 e. The first-order valence-electron chi connectivity index (χ1n) is 17.6. The minimum absolute atomic E-state index is 0.0742. The van der Waals surface area contributed by atoms with Crippen molar-refractivity contribution in [3.05, 3.63) is 12.2 Å². The third-order valence-corrected chi connectivity index (χ3v) is 8.26. The number of hydrogen-bond acceptors (Lipinski definition) is 3. The van der Waals surface area contributed by atoms with Gasteiger partial charge >= 0.3 is 11.9 Å². The van der Waals surface area contributed by atoms with Gasteiger partial charge in [0.25, 0.3) is 0 Å². The molecule has 0 spiro atoms. The number of carbonyl (C=O) groups is 2. The zero-order valence-electron chi connectivity index (χ0n) is 27.1. The average Bonchev–Trinajstić information content (AvgIpc) is 2.93. The van der Waals surface area contributed by atoms with E-state index >= 15 is 0 Å². The quantitative estimate of drug-likeness (QED) is 0.0516. The van der Waals surface area contributed by atoms with Crippen LogP contribution in [0.4, 0.5) is 0 Å². The van der Waals surface area contributed by atoms with Gasteiger partial charge in [0.1, 0.15) is 0 Å². The number of carboxylic acid groups (broad SMARTS) is 1. The molecule has 0 aromatic carbocycles. The first-order chi connectivity index (χ1) is 19.6. The van der Waals surface area contributed by atoms with E-state index in [0.29, 0.717) is 6.61 Å². The molecule has 0 amide bonds. The lowest BCUT2D eigenvalue weighted by Crippen LogP contribution is -2.28. The second kappa shape index (κ2) is 30.6. The van der Waals surface area contributed by atoms with Gasteiger partial charge in [0.15, 0.2) is 0 Å². The average molecular weight is 565 g/mol. The Bertz CT molecular complexity index is 585. The number of rotatable bonds is 31. The predicted octanol–water partition coefficient (Wildman–Crippen LogP) is 11.6. The molecule has 0 aromatic heterocycles. The fourth-order valence-corrected chi connectivity index (χ4v) is 5.65. The molecule has 0 rings (SSSR count). The van der Waals surface area contributed by atoms with Gasteiger partial charge in [0, 0.05) is 6.42 Å². The lowest BCUT2D eigenvalue weighted by molar-refractivity contribution is -0.152. The van der Waals surface area contributed by atoms with Crippen LogP contribution in [0.1, 0.15) is 188 Å². The molecule has 0 aromatic rings. The van der Waals surface area contributed by atoms with Crippen molar-refractivity contribution in [2.75, 3.05) is 6.61 Å². The molecule has 0 fully saturated rings. The maximum atomic E-state index is 13.1. The Morgan fingerprint density at radius 2 is 1.00 bits per heavy atom. The van der Waals surface area contributed by atoms with E-state index in [-0.39, 0.29) is 24.2 Å². The van der Waals surface area contributed by atoms with Crippen molar-refractivity contribution in [1.82, 2.24) is 0 Å². The monoisotopic (exact) mass is 565 g/mol. The largest absolute Gasteiger partial charge is 0.481 e. The molecule has 0 aliphatic carbocycles. The molecule has 0 aliphatic rings. The summed E-state index contributed by atoms with van der Waals surface area (Å²) in [5.74, 6) is -1.34. The highest BCUT2D eigenvalue weighted by atomic mass is 16.5. The highest BCUT2D eigenvalue weighted by molar-refractivity contribution is 5.74. The molecule has 4 heteroatoms. The van der Waals surface area contributed by atoms with Crippen LogP contribution in [0.5, 0.6) is 0 Å². The number of carboxylic acids is 1. The van der Waals surface area contributed by atoms with E-state index in [9.17, 15) is 14.7 Å². The van der Waals surface area contributed by atoms with Crippen molar-refractivity contribution < 1.29 is 19.4 Å². The summed E-state index contributed by atoms with van der Waals surface area (Å²) in [6, 6.07) is 0. The maximum absolute atomic E-state index is 13.1. The summed E-state index contributed by atoms with van der Waals surface area (Å²) in [6.45, 7) is 7.15. The van der Waals surface area contributed by atoms with Crippen molar-refractivity contribution >= 4 is 11.9 Å². The van der Waals surface area contributed by atoms with Gasteiger partial charge in [-0.15, -0.1) is 0 Å². The van der Waals surface area contributed by atoms with Crippen molar-refractivity contribution in [2.45, 2.75) is 188 Å². The number of allylic oxidation sites excluding steroid dienone is 2. The molecule has 0 saturated carbocycles. The Morgan fingerprint density at radius 1 is 0.575 bits per heavy atom. The number of unbranched alkanes of at least 4 members (excludes halogenated alkanes) is 19. The van der Waals surface area contributed by atoms with Crippen LogP contribution in [0.25, 0.3) is 0 Å². The van der Waals surface area contributed by atoms with Gasteiger partial charge < -0.3 is 9.84 Å². The Labute approximate surface area is 249 Å². The van der Waals surface area contributed by atoms with E-state index in [0.717, 1.165) is 77.0 Å². The number of esters is 1. The summed E-state index contributed by atoms with van der Waals surface area (Å²) in [5, 5.41) is 9.64. The summed E-state index contributed by atoms with van der Waals surface area (Å²) < 4.78 is 5.71. The van der Waals surface area contributed by atoms with Crippen LogP contribution in [0.3, 0.4) is 0 Å².